The summed E-state index contributed by atoms with van der Waals surface area (Å²) < 4.78 is 5.45. The number of ether oxygens (including phenoxy) is 1. The number of nitrogens with zero attached hydrogens (tertiary/aromatic N) is 3. The van der Waals surface area contributed by atoms with Gasteiger partial charge in [-0.15, -0.1) is 0 Å². The molecule has 0 atom stereocenters. The van der Waals surface area contributed by atoms with Gasteiger partial charge in [0, 0.05) is 24.5 Å². The maximum atomic E-state index is 10.6. The Morgan fingerprint density at radius 1 is 1.33 bits per heavy atom. The van der Waals surface area contributed by atoms with Gasteiger partial charge in [0.25, 0.3) is 11.6 Å². The maximum absolute atomic E-state index is 10.6. The summed E-state index contributed by atoms with van der Waals surface area (Å²) in [6, 6.07) is 4.28. The van der Waals surface area contributed by atoms with Gasteiger partial charge in [-0.2, -0.15) is 0 Å². The predicted octanol–water partition coefficient (Wildman–Crippen LogP) is 2.07. The highest BCUT2D eigenvalue weighted by atomic mass is 16.6. The minimum Gasteiger partial charge on any atom is -0.436 e. The van der Waals surface area contributed by atoms with Gasteiger partial charge in [-0.25, -0.2) is 9.97 Å². The van der Waals surface area contributed by atoms with E-state index in [2.05, 4.69) is 9.97 Å². The number of nitrogen functional groups attached to an aromatic ring is 1. The molecular formula is C11H10N4O3. The Labute approximate surface area is 102 Å². The Morgan fingerprint density at radius 3 is 2.67 bits per heavy atom. The van der Waals surface area contributed by atoms with Crippen molar-refractivity contribution in [3.05, 3.63) is 46.3 Å². The lowest BCUT2D eigenvalue weighted by molar-refractivity contribution is -0.384. The molecule has 18 heavy (non-hydrogen) atoms. The van der Waals surface area contributed by atoms with E-state index in [1.807, 2.05) is 0 Å². The van der Waals surface area contributed by atoms with E-state index >= 15 is 0 Å². The Hall–Kier alpha value is -2.70. The Kier molecular flexibility index (Phi) is 3.05. The molecule has 0 unspecified atom stereocenters. The van der Waals surface area contributed by atoms with Gasteiger partial charge in [0.05, 0.1) is 4.92 Å². The first-order valence-electron chi connectivity index (χ1n) is 5.07. The van der Waals surface area contributed by atoms with Crippen molar-refractivity contribution in [1.29, 1.82) is 0 Å². The molecule has 1 aromatic carbocycles. The molecule has 1 aromatic heterocycles. The summed E-state index contributed by atoms with van der Waals surface area (Å²) in [6.07, 6.45) is 2.90. The van der Waals surface area contributed by atoms with Crippen LogP contribution in [-0.2, 0) is 0 Å². The van der Waals surface area contributed by atoms with Crippen LogP contribution in [0.2, 0.25) is 0 Å². The van der Waals surface area contributed by atoms with Crippen LogP contribution in [0.1, 0.15) is 5.56 Å². The zero-order valence-corrected chi connectivity index (χ0v) is 9.53. The normalized spacial score (nSPS) is 10.1. The van der Waals surface area contributed by atoms with E-state index in [1.54, 1.807) is 6.92 Å². The Bertz CT molecular complexity index is 601. The van der Waals surface area contributed by atoms with Crippen LogP contribution in [0.25, 0.3) is 0 Å². The van der Waals surface area contributed by atoms with Crippen molar-refractivity contribution in [3.8, 4) is 11.6 Å². The van der Waals surface area contributed by atoms with E-state index in [1.165, 1.54) is 30.6 Å². The van der Waals surface area contributed by atoms with Gasteiger partial charge in [0.1, 0.15) is 5.75 Å². The zero-order chi connectivity index (χ0) is 13.1. The van der Waals surface area contributed by atoms with Crippen LogP contribution in [0.15, 0.2) is 30.6 Å². The van der Waals surface area contributed by atoms with Crippen molar-refractivity contribution in [3.63, 3.8) is 0 Å². The van der Waals surface area contributed by atoms with E-state index in [9.17, 15) is 10.1 Å². The molecule has 0 amide bonds. The number of aromatic nitrogens is 2. The van der Waals surface area contributed by atoms with Crippen LogP contribution >= 0.6 is 0 Å². The monoisotopic (exact) mass is 246 g/mol. The topological polar surface area (TPSA) is 104 Å². The number of nitro benzene ring substituents is 1. The molecule has 0 aliphatic carbocycles. The van der Waals surface area contributed by atoms with Crippen molar-refractivity contribution < 1.29 is 9.66 Å². The average Bonchev–Trinajstić information content (AvgIpc) is 2.34. The van der Waals surface area contributed by atoms with E-state index in [4.69, 9.17) is 10.5 Å². The number of nitro groups is 1. The van der Waals surface area contributed by atoms with Gasteiger partial charge in [0.2, 0.25) is 0 Å². The van der Waals surface area contributed by atoms with Crippen LogP contribution in [0.5, 0.6) is 11.6 Å². The van der Waals surface area contributed by atoms with Crippen LogP contribution in [0.4, 0.5) is 11.5 Å². The second-order valence-corrected chi connectivity index (χ2v) is 3.56. The first-order chi connectivity index (χ1) is 8.58. The van der Waals surface area contributed by atoms with Gasteiger partial charge < -0.3 is 10.5 Å². The number of hydrogen-bond donors (Lipinski definition) is 1. The van der Waals surface area contributed by atoms with Gasteiger partial charge >= 0.3 is 0 Å². The van der Waals surface area contributed by atoms with Crippen LogP contribution in [0.3, 0.4) is 0 Å². The Morgan fingerprint density at radius 2 is 2.06 bits per heavy atom. The van der Waals surface area contributed by atoms with Crippen LogP contribution in [-0.4, -0.2) is 14.9 Å². The van der Waals surface area contributed by atoms with Gasteiger partial charge in [-0.1, -0.05) is 0 Å². The minimum atomic E-state index is -0.465. The minimum absolute atomic E-state index is 0.00645. The number of hydrogen-bond acceptors (Lipinski definition) is 6. The molecule has 0 aliphatic rings. The molecule has 2 rings (SSSR count). The Balaban J connectivity index is 2.30. The van der Waals surface area contributed by atoms with Crippen molar-refractivity contribution in [2.75, 3.05) is 5.73 Å². The quantitative estimate of drug-likeness (QED) is 0.656. The van der Waals surface area contributed by atoms with Gasteiger partial charge in [-0.05, 0) is 18.6 Å². The third-order valence-electron chi connectivity index (χ3n) is 2.27. The molecule has 7 heteroatoms. The molecule has 0 saturated heterocycles. The summed E-state index contributed by atoms with van der Waals surface area (Å²) in [5.74, 6) is 0.789. The van der Waals surface area contributed by atoms with Crippen molar-refractivity contribution in [2.45, 2.75) is 6.92 Å². The number of nitrogens with two attached hydrogens (primary N) is 1. The second-order valence-electron chi connectivity index (χ2n) is 3.56. The number of anilines is 1. The fourth-order valence-corrected chi connectivity index (χ4v) is 1.38. The highest BCUT2D eigenvalue weighted by Gasteiger charge is 2.11. The summed E-state index contributed by atoms with van der Waals surface area (Å²) in [5, 5.41) is 10.6. The molecule has 0 bridgehead atoms. The lowest BCUT2D eigenvalue weighted by Gasteiger charge is -2.08. The SMILES string of the molecule is Cc1cc([N+](=O)[O-])ccc1Oc1nccnc1N. The molecule has 0 radical (unpaired) electrons. The van der Waals surface area contributed by atoms with Crippen molar-refractivity contribution in [1.82, 2.24) is 9.97 Å². The molecule has 92 valence electrons. The molecule has 0 aliphatic heterocycles. The standard InChI is InChI=1S/C11H10N4O3/c1-7-6-8(15(16)17)2-3-9(7)18-11-10(12)13-4-5-14-11/h2-6H,1H3,(H2,12,13). The largest absolute Gasteiger partial charge is 0.436 e. The molecule has 1 heterocycles. The first-order valence-corrected chi connectivity index (χ1v) is 5.07. The smallest absolute Gasteiger partial charge is 0.269 e. The fourth-order valence-electron chi connectivity index (χ4n) is 1.38. The molecule has 2 aromatic rings. The summed E-state index contributed by atoms with van der Waals surface area (Å²) >= 11 is 0. The van der Waals surface area contributed by atoms with E-state index in [0.29, 0.717) is 11.3 Å². The van der Waals surface area contributed by atoms with Crippen molar-refractivity contribution >= 4 is 11.5 Å². The predicted molar refractivity (Wildman–Crippen MR) is 64.4 cm³/mol. The van der Waals surface area contributed by atoms with E-state index in [0.717, 1.165) is 0 Å². The van der Waals surface area contributed by atoms with E-state index < -0.39 is 4.92 Å². The third-order valence-corrected chi connectivity index (χ3v) is 2.27. The number of non-ortho nitro benzene ring substituents is 1. The third kappa shape index (κ3) is 2.34. The molecular weight excluding hydrogens is 236 g/mol. The molecule has 7 nitrogen and oxygen atoms in total. The zero-order valence-electron chi connectivity index (χ0n) is 9.53. The number of benzene rings is 1. The number of rotatable bonds is 3. The molecule has 2 N–H and O–H groups in total. The summed E-state index contributed by atoms with van der Waals surface area (Å²) in [7, 11) is 0. The van der Waals surface area contributed by atoms with E-state index in [-0.39, 0.29) is 17.4 Å². The van der Waals surface area contributed by atoms with Gasteiger partial charge in [-0.3, -0.25) is 10.1 Å². The lowest BCUT2D eigenvalue weighted by Crippen LogP contribution is -1.98. The van der Waals surface area contributed by atoms with Crippen LogP contribution < -0.4 is 10.5 Å². The highest BCUT2D eigenvalue weighted by molar-refractivity contribution is 5.47. The van der Waals surface area contributed by atoms with Crippen molar-refractivity contribution in [2.24, 2.45) is 0 Å². The molecule has 0 spiro atoms. The first kappa shape index (κ1) is 11.8. The maximum Gasteiger partial charge on any atom is 0.269 e. The average molecular weight is 246 g/mol. The molecule has 0 saturated carbocycles. The number of aryl methyl sites for hydroxylation is 1. The van der Waals surface area contributed by atoms with Gasteiger partial charge in [0.15, 0.2) is 5.82 Å². The van der Waals surface area contributed by atoms with Crippen LogP contribution in [0, 0.1) is 17.0 Å². The molecule has 0 fully saturated rings. The summed E-state index contributed by atoms with van der Waals surface area (Å²) in [6.45, 7) is 1.70. The summed E-state index contributed by atoms with van der Waals surface area (Å²) in [4.78, 5) is 17.9. The summed E-state index contributed by atoms with van der Waals surface area (Å²) in [5.41, 5.74) is 6.22. The fraction of sp³-hybridized carbons (Fsp3) is 0.0909. The highest BCUT2D eigenvalue weighted by Crippen LogP contribution is 2.28. The second kappa shape index (κ2) is 4.66. The lowest BCUT2D eigenvalue weighted by atomic mass is 10.2.